The molecule has 0 saturated carbocycles. The van der Waals surface area contributed by atoms with Crippen molar-refractivity contribution in [2.45, 2.75) is 5.50 Å². The SMILES string of the molecule is Nc1ccc2c(c1)C1=NC(N)SC=C1C=CO2. The number of anilines is 1. The van der Waals surface area contributed by atoms with Crippen molar-refractivity contribution < 1.29 is 4.74 Å². The molecule has 2 aliphatic rings. The third-order valence-electron chi connectivity index (χ3n) is 2.57. The fourth-order valence-corrected chi connectivity index (χ4v) is 2.43. The number of fused-ring (bicyclic) bond motifs is 3. The molecule has 1 aromatic rings. The monoisotopic (exact) mass is 245 g/mol. The van der Waals surface area contributed by atoms with Crippen LogP contribution in [-0.4, -0.2) is 11.2 Å². The van der Waals surface area contributed by atoms with Gasteiger partial charge < -0.3 is 16.2 Å². The summed E-state index contributed by atoms with van der Waals surface area (Å²) in [4.78, 5) is 4.45. The molecule has 1 aromatic carbocycles. The highest BCUT2D eigenvalue weighted by Gasteiger charge is 2.21. The van der Waals surface area contributed by atoms with Crippen LogP contribution in [0.1, 0.15) is 5.56 Å². The number of nitrogens with two attached hydrogens (primary N) is 2. The van der Waals surface area contributed by atoms with E-state index in [9.17, 15) is 0 Å². The van der Waals surface area contributed by atoms with Crippen molar-refractivity contribution in [1.29, 1.82) is 0 Å². The van der Waals surface area contributed by atoms with Crippen LogP contribution in [0.4, 0.5) is 5.69 Å². The van der Waals surface area contributed by atoms with E-state index in [-0.39, 0.29) is 5.50 Å². The molecule has 3 rings (SSSR count). The van der Waals surface area contributed by atoms with Crippen LogP contribution in [0.5, 0.6) is 5.75 Å². The Balaban J connectivity index is 2.21. The molecule has 0 aromatic heterocycles. The minimum atomic E-state index is -0.269. The van der Waals surface area contributed by atoms with Crippen molar-refractivity contribution in [3.8, 4) is 5.75 Å². The minimum Gasteiger partial charge on any atom is -0.464 e. The van der Waals surface area contributed by atoms with Crippen molar-refractivity contribution in [3.63, 3.8) is 0 Å². The lowest BCUT2D eigenvalue weighted by atomic mass is 10.0. The summed E-state index contributed by atoms with van der Waals surface area (Å²) in [5.74, 6) is 0.747. The average molecular weight is 245 g/mol. The second-order valence-corrected chi connectivity index (χ2v) is 4.74. The van der Waals surface area contributed by atoms with E-state index in [2.05, 4.69) is 4.99 Å². The molecule has 0 bridgehead atoms. The fourth-order valence-electron chi connectivity index (χ4n) is 1.79. The number of benzene rings is 1. The highest BCUT2D eigenvalue weighted by atomic mass is 32.2. The second-order valence-electron chi connectivity index (χ2n) is 3.75. The van der Waals surface area contributed by atoms with Crippen molar-refractivity contribution in [3.05, 3.63) is 47.1 Å². The van der Waals surface area contributed by atoms with Gasteiger partial charge in [0.1, 0.15) is 11.2 Å². The van der Waals surface area contributed by atoms with E-state index in [0.29, 0.717) is 5.69 Å². The molecular weight excluding hydrogens is 234 g/mol. The topological polar surface area (TPSA) is 73.6 Å². The maximum atomic E-state index is 5.82. The Labute approximate surface area is 103 Å². The van der Waals surface area contributed by atoms with Gasteiger partial charge in [-0.2, -0.15) is 0 Å². The number of hydrogen-bond donors (Lipinski definition) is 2. The van der Waals surface area contributed by atoms with Gasteiger partial charge in [-0.05, 0) is 29.7 Å². The Morgan fingerprint density at radius 1 is 1.35 bits per heavy atom. The highest BCUT2D eigenvalue weighted by Crippen LogP contribution is 2.32. The van der Waals surface area contributed by atoms with E-state index >= 15 is 0 Å². The molecule has 0 aliphatic carbocycles. The maximum absolute atomic E-state index is 5.82. The molecule has 0 saturated heterocycles. The summed E-state index contributed by atoms with van der Waals surface area (Å²) >= 11 is 1.48. The van der Waals surface area contributed by atoms with Crippen LogP contribution in [0.15, 0.2) is 46.5 Å². The zero-order chi connectivity index (χ0) is 11.8. The molecule has 1 unspecified atom stereocenters. The molecule has 4 nitrogen and oxygen atoms in total. The predicted molar refractivity (Wildman–Crippen MR) is 70.8 cm³/mol. The van der Waals surface area contributed by atoms with Crippen LogP contribution in [-0.2, 0) is 0 Å². The molecule has 2 heterocycles. The molecule has 0 fully saturated rings. The number of nitrogen functional groups attached to an aromatic ring is 1. The fraction of sp³-hybridized carbons (Fsp3) is 0.0833. The van der Waals surface area contributed by atoms with Gasteiger partial charge in [-0.25, -0.2) is 0 Å². The van der Waals surface area contributed by atoms with Gasteiger partial charge in [-0.1, -0.05) is 11.8 Å². The zero-order valence-corrected chi connectivity index (χ0v) is 9.78. The first-order valence-corrected chi connectivity index (χ1v) is 6.11. The summed E-state index contributed by atoms with van der Waals surface area (Å²) < 4.78 is 5.52. The molecular formula is C12H11N3OS. The summed E-state index contributed by atoms with van der Waals surface area (Å²) in [7, 11) is 0. The lowest BCUT2D eigenvalue weighted by Crippen LogP contribution is -2.19. The van der Waals surface area contributed by atoms with Gasteiger partial charge in [0.05, 0.1) is 12.0 Å². The molecule has 0 amide bonds. The van der Waals surface area contributed by atoms with Crippen LogP contribution >= 0.6 is 11.8 Å². The minimum absolute atomic E-state index is 0.269. The predicted octanol–water partition coefficient (Wildman–Crippen LogP) is 1.84. The van der Waals surface area contributed by atoms with Crippen molar-refractivity contribution in [2.75, 3.05) is 5.73 Å². The first kappa shape index (κ1) is 10.4. The molecule has 0 radical (unpaired) electrons. The Bertz CT molecular complexity index is 563. The summed E-state index contributed by atoms with van der Waals surface area (Å²) in [6, 6.07) is 5.50. The number of thioether (sulfide) groups is 1. The Morgan fingerprint density at radius 3 is 3.12 bits per heavy atom. The largest absolute Gasteiger partial charge is 0.464 e. The average Bonchev–Trinajstić information content (AvgIpc) is 2.48. The molecule has 1 atom stereocenters. The standard InChI is InChI=1S/C12H11N3OS/c13-8-1-2-10-9(5-8)11-7(3-4-16-10)6-17-12(14)15-11/h1-6,12H,13-14H2. The van der Waals surface area contributed by atoms with Crippen molar-refractivity contribution in [1.82, 2.24) is 0 Å². The molecule has 4 N–H and O–H groups in total. The molecule has 86 valence electrons. The highest BCUT2D eigenvalue weighted by molar-refractivity contribution is 8.02. The molecule has 17 heavy (non-hydrogen) atoms. The summed E-state index contributed by atoms with van der Waals surface area (Å²) in [6.07, 6.45) is 3.54. The first-order chi connectivity index (χ1) is 8.24. The van der Waals surface area contributed by atoms with Crippen LogP contribution in [0, 0.1) is 0 Å². The second kappa shape index (κ2) is 3.94. The normalized spacial score (nSPS) is 21.6. The van der Waals surface area contributed by atoms with Gasteiger partial charge in [-0.3, -0.25) is 4.99 Å². The number of hydrogen-bond acceptors (Lipinski definition) is 5. The third kappa shape index (κ3) is 1.83. The maximum Gasteiger partial charge on any atom is 0.149 e. The first-order valence-electron chi connectivity index (χ1n) is 5.16. The van der Waals surface area contributed by atoms with Gasteiger partial charge in [0, 0.05) is 16.8 Å². The lowest BCUT2D eigenvalue weighted by Gasteiger charge is -2.16. The number of allylic oxidation sites excluding steroid dienone is 2. The van der Waals surface area contributed by atoms with Gasteiger partial charge >= 0.3 is 0 Å². The smallest absolute Gasteiger partial charge is 0.149 e. The van der Waals surface area contributed by atoms with E-state index in [1.54, 1.807) is 12.3 Å². The zero-order valence-electron chi connectivity index (χ0n) is 8.96. The van der Waals surface area contributed by atoms with Crippen molar-refractivity contribution >= 4 is 23.2 Å². The number of rotatable bonds is 0. The Morgan fingerprint density at radius 2 is 2.24 bits per heavy atom. The van der Waals surface area contributed by atoms with Crippen LogP contribution in [0.25, 0.3) is 0 Å². The van der Waals surface area contributed by atoms with Gasteiger partial charge in [0.15, 0.2) is 0 Å². The van der Waals surface area contributed by atoms with Gasteiger partial charge in [-0.15, -0.1) is 0 Å². The number of nitrogens with zero attached hydrogens (tertiary/aromatic N) is 1. The lowest BCUT2D eigenvalue weighted by molar-refractivity contribution is 0.482. The number of ether oxygens (including phenoxy) is 1. The van der Waals surface area contributed by atoms with Gasteiger partial charge in [0.2, 0.25) is 0 Å². The van der Waals surface area contributed by atoms with E-state index in [4.69, 9.17) is 16.2 Å². The van der Waals surface area contributed by atoms with E-state index in [0.717, 1.165) is 22.6 Å². The quantitative estimate of drug-likeness (QED) is 0.684. The van der Waals surface area contributed by atoms with Crippen LogP contribution < -0.4 is 16.2 Å². The molecule has 0 spiro atoms. The van der Waals surface area contributed by atoms with Crippen molar-refractivity contribution in [2.24, 2.45) is 10.7 Å². The third-order valence-corrected chi connectivity index (χ3v) is 3.34. The van der Waals surface area contributed by atoms with Crippen LogP contribution in [0.3, 0.4) is 0 Å². The van der Waals surface area contributed by atoms with E-state index in [1.807, 2.05) is 23.6 Å². The summed E-state index contributed by atoms with van der Waals surface area (Å²) in [5.41, 5.74) is 14.8. The molecule has 2 aliphatic heterocycles. The Kier molecular flexibility index (Phi) is 2.42. The summed E-state index contributed by atoms with van der Waals surface area (Å²) in [5, 5.41) is 1.99. The summed E-state index contributed by atoms with van der Waals surface area (Å²) in [6.45, 7) is 0. The van der Waals surface area contributed by atoms with E-state index in [1.165, 1.54) is 11.8 Å². The number of aliphatic imine (C=N–C) groups is 1. The Hall–Kier alpha value is -1.72. The van der Waals surface area contributed by atoms with E-state index < -0.39 is 0 Å². The molecule has 5 heteroatoms. The van der Waals surface area contributed by atoms with Gasteiger partial charge in [0.25, 0.3) is 0 Å². The van der Waals surface area contributed by atoms with Crippen LogP contribution in [0.2, 0.25) is 0 Å².